The molecule has 0 aliphatic carbocycles. The fourth-order valence-electron chi connectivity index (χ4n) is 1.73. The topological polar surface area (TPSA) is 26.3 Å². The second-order valence-electron chi connectivity index (χ2n) is 3.61. The highest BCUT2D eigenvalue weighted by Gasteiger charge is 2.25. The lowest BCUT2D eigenvalue weighted by molar-refractivity contribution is 0.0717. The number of fused-ring (bicyclic) bond motifs is 1. The first-order valence-corrected chi connectivity index (χ1v) is 7.68. The van der Waals surface area contributed by atoms with Crippen LogP contribution in [0.4, 0.5) is 0 Å². The molecule has 0 amide bonds. The Morgan fingerprint density at radius 1 is 1.21 bits per heavy atom. The number of hydrogen-bond donors (Lipinski definition) is 0. The summed E-state index contributed by atoms with van der Waals surface area (Å²) in [6.45, 7) is 4.00. The van der Waals surface area contributed by atoms with Gasteiger partial charge in [0.25, 0.3) is 0 Å². The maximum atomic E-state index is 11.6. The van der Waals surface area contributed by atoms with Gasteiger partial charge >= 0.3 is 5.97 Å². The smallest absolute Gasteiger partial charge is 0.344 e. The molecule has 2 heterocycles. The van der Waals surface area contributed by atoms with Gasteiger partial charge in [-0.25, -0.2) is 4.79 Å². The number of benzene rings is 1. The van der Waals surface area contributed by atoms with Crippen LogP contribution >= 0.6 is 27.3 Å². The molecule has 0 saturated carbocycles. The minimum Gasteiger partial charge on any atom is -0.422 e. The van der Waals surface area contributed by atoms with Gasteiger partial charge in [-0.2, -0.15) is 0 Å². The first-order chi connectivity index (χ1) is 9.24. The average molecular weight is 337 g/mol. The lowest BCUT2D eigenvalue weighted by atomic mass is 10.1. The molecular formula is C15H13BrO2S. The fourth-order valence-corrected chi connectivity index (χ4v) is 3.09. The first kappa shape index (κ1) is 14.0. The molecule has 0 saturated heterocycles. The van der Waals surface area contributed by atoms with Crippen molar-refractivity contribution in [1.82, 2.24) is 0 Å². The van der Waals surface area contributed by atoms with Crippen LogP contribution in [0.15, 0.2) is 40.2 Å². The van der Waals surface area contributed by atoms with Crippen molar-refractivity contribution in [3.8, 4) is 0 Å². The second-order valence-corrected chi connectivity index (χ2v) is 5.47. The third-order valence-electron chi connectivity index (χ3n) is 2.48. The quantitative estimate of drug-likeness (QED) is 0.668. The highest BCUT2D eigenvalue weighted by Crippen LogP contribution is 2.32. The Bertz CT molecular complexity index is 629. The Morgan fingerprint density at radius 2 is 1.89 bits per heavy atom. The van der Waals surface area contributed by atoms with E-state index >= 15 is 0 Å². The molecule has 98 valence electrons. The second kappa shape index (κ2) is 6.17. The van der Waals surface area contributed by atoms with Gasteiger partial charge in [-0.15, -0.1) is 11.3 Å². The van der Waals surface area contributed by atoms with E-state index in [1.165, 1.54) is 0 Å². The van der Waals surface area contributed by atoms with E-state index in [4.69, 9.17) is 4.74 Å². The van der Waals surface area contributed by atoms with Crippen molar-refractivity contribution < 1.29 is 9.53 Å². The van der Waals surface area contributed by atoms with Crippen LogP contribution in [0, 0.1) is 0 Å². The van der Waals surface area contributed by atoms with Gasteiger partial charge in [0.2, 0.25) is 0 Å². The number of cyclic esters (lactones) is 1. The number of thiophene rings is 1. The van der Waals surface area contributed by atoms with Crippen LogP contribution in [0.1, 0.15) is 34.6 Å². The van der Waals surface area contributed by atoms with E-state index in [0.29, 0.717) is 11.3 Å². The molecule has 2 aromatic rings. The summed E-state index contributed by atoms with van der Waals surface area (Å²) in [5.74, 6) is 0.349. The van der Waals surface area contributed by atoms with Crippen molar-refractivity contribution in [2.24, 2.45) is 0 Å². The molecule has 4 heteroatoms. The molecule has 0 spiro atoms. The predicted molar refractivity (Wildman–Crippen MR) is 83.1 cm³/mol. The van der Waals surface area contributed by atoms with E-state index in [0.717, 1.165) is 14.9 Å². The number of carbonyl (C=O) groups excluding carboxylic acids is 1. The Hall–Kier alpha value is -1.39. The largest absolute Gasteiger partial charge is 0.422 e. The van der Waals surface area contributed by atoms with Gasteiger partial charge < -0.3 is 4.74 Å². The van der Waals surface area contributed by atoms with Gasteiger partial charge in [-0.05, 0) is 34.1 Å². The maximum Gasteiger partial charge on any atom is 0.344 e. The van der Waals surface area contributed by atoms with E-state index in [2.05, 4.69) is 15.9 Å². The summed E-state index contributed by atoms with van der Waals surface area (Å²) in [7, 11) is 0. The molecule has 0 bridgehead atoms. The third-order valence-corrected chi connectivity index (χ3v) is 4.12. The van der Waals surface area contributed by atoms with E-state index < -0.39 is 0 Å². The van der Waals surface area contributed by atoms with Crippen molar-refractivity contribution in [3.63, 3.8) is 0 Å². The SMILES string of the molecule is CC.O=C1O/C(=C\c2cc(Br)cs2)c2ccccc21. The van der Waals surface area contributed by atoms with E-state index in [-0.39, 0.29) is 5.97 Å². The van der Waals surface area contributed by atoms with Crippen molar-refractivity contribution in [2.75, 3.05) is 0 Å². The summed E-state index contributed by atoms with van der Waals surface area (Å²) in [4.78, 5) is 12.7. The molecule has 1 aromatic heterocycles. The minimum atomic E-state index is -0.275. The summed E-state index contributed by atoms with van der Waals surface area (Å²) >= 11 is 5.00. The van der Waals surface area contributed by atoms with Gasteiger partial charge in [0, 0.05) is 20.3 Å². The van der Waals surface area contributed by atoms with Gasteiger partial charge in [0.15, 0.2) is 0 Å². The van der Waals surface area contributed by atoms with Crippen LogP contribution in [-0.4, -0.2) is 5.97 Å². The number of halogens is 1. The van der Waals surface area contributed by atoms with Gasteiger partial charge in [0.05, 0.1) is 5.56 Å². The molecule has 2 nitrogen and oxygen atoms in total. The van der Waals surface area contributed by atoms with Crippen LogP contribution in [0.5, 0.6) is 0 Å². The molecule has 19 heavy (non-hydrogen) atoms. The predicted octanol–water partition coefficient (Wildman–Crippen LogP) is 5.21. The van der Waals surface area contributed by atoms with Crippen LogP contribution in [0.3, 0.4) is 0 Å². The summed E-state index contributed by atoms with van der Waals surface area (Å²) in [6, 6.07) is 9.41. The van der Waals surface area contributed by atoms with Crippen molar-refractivity contribution in [3.05, 3.63) is 56.2 Å². The highest BCUT2D eigenvalue weighted by molar-refractivity contribution is 9.10. The molecule has 0 unspecified atom stereocenters. The Kier molecular flexibility index (Phi) is 4.56. The molecule has 0 fully saturated rings. The van der Waals surface area contributed by atoms with Crippen LogP contribution in [0.2, 0.25) is 0 Å². The lowest BCUT2D eigenvalue weighted by Crippen LogP contribution is -1.92. The lowest BCUT2D eigenvalue weighted by Gasteiger charge is -1.96. The maximum absolute atomic E-state index is 11.6. The normalized spacial score (nSPS) is 14.7. The van der Waals surface area contributed by atoms with Crippen molar-refractivity contribution in [2.45, 2.75) is 13.8 Å². The summed E-state index contributed by atoms with van der Waals surface area (Å²) in [5.41, 5.74) is 1.50. The minimum absolute atomic E-state index is 0.275. The van der Waals surface area contributed by atoms with E-state index in [9.17, 15) is 4.79 Å². The van der Waals surface area contributed by atoms with Gasteiger partial charge in [-0.3, -0.25) is 0 Å². The zero-order chi connectivity index (χ0) is 13.8. The van der Waals surface area contributed by atoms with Crippen LogP contribution < -0.4 is 0 Å². The molecule has 0 atom stereocenters. The summed E-state index contributed by atoms with van der Waals surface area (Å²) in [6.07, 6.45) is 1.89. The molecule has 0 radical (unpaired) electrons. The van der Waals surface area contributed by atoms with Crippen LogP contribution in [-0.2, 0) is 4.74 Å². The summed E-state index contributed by atoms with van der Waals surface area (Å²) < 4.78 is 6.29. The van der Waals surface area contributed by atoms with Crippen LogP contribution in [0.25, 0.3) is 11.8 Å². The summed E-state index contributed by atoms with van der Waals surface area (Å²) in [5, 5.41) is 2.00. The number of ether oxygens (including phenoxy) is 1. The number of rotatable bonds is 1. The highest BCUT2D eigenvalue weighted by atomic mass is 79.9. The monoisotopic (exact) mass is 336 g/mol. The van der Waals surface area contributed by atoms with Crippen molar-refractivity contribution >= 4 is 45.1 Å². The number of carbonyl (C=O) groups is 1. The standard InChI is InChI=1S/C13H7BrO2S.C2H6/c14-8-5-9(17-7-8)6-12-10-3-1-2-4-11(10)13(15)16-12;1-2/h1-7H;1-2H3/b12-6-;. The third kappa shape index (κ3) is 2.96. The van der Waals surface area contributed by atoms with Crippen molar-refractivity contribution in [1.29, 1.82) is 0 Å². The van der Waals surface area contributed by atoms with Gasteiger partial charge in [0.1, 0.15) is 5.76 Å². The molecular weight excluding hydrogens is 324 g/mol. The zero-order valence-corrected chi connectivity index (χ0v) is 13.0. The number of hydrogen-bond acceptors (Lipinski definition) is 3. The van der Waals surface area contributed by atoms with E-state index in [1.807, 2.05) is 49.6 Å². The molecule has 3 rings (SSSR count). The Balaban J connectivity index is 0.000000637. The molecule has 0 N–H and O–H groups in total. The fraction of sp³-hybridized carbons (Fsp3) is 0.133. The Morgan fingerprint density at radius 3 is 2.53 bits per heavy atom. The average Bonchev–Trinajstić information content (AvgIpc) is 2.98. The van der Waals surface area contributed by atoms with Gasteiger partial charge in [-0.1, -0.05) is 32.0 Å². The molecule has 1 aliphatic rings. The first-order valence-electron chi connectivity index (χ1n) is 6.01. The molecule has 1 aliphatic heterocycles. The van der Waals surface area contributed by atoms with E-state index in [1.54, 1.807) is 17.4 Å². The molecule has 1 aromatic carbocycles. The zero-order valence-electron chi connectivity index (χ0n) is 10.6. The number of esters is 1. The Labute approximate surface area is 124 Å².